The van der Waals surface area contributed by atoms with Crippen LogP contribution in [0.4, 0.5) is 0 Å². The second-order valence-electron chi connectivity index (χ2n) is 5.14. The van der Waals surface area contributed by atoms with Crippen molar-refractivity contribution in [1.29, 1.82) is 0 Å². The fourth-order valence-corrected chi connectivity index (χ4v) is 2.41. The van der Waals surface area contributed by atoms with Gasteiger partial charge in [-0.25, -0.2) is 0 Å². The van der Waals surface area contributed by atoms with Gasteiger partial charge in [-0.05, 0) is 31.0 Å². The van der Waals surface area contributed by atoms with Crippen LogP contribution in [0.3, 0.4) is 0 Å². The molecule has 18 heavy (non-hydrogen) atoms. The molecular weight excluding hydrogens is 294 g/mol. The lowest BCUT2D eigenvalue weighted by Gasteiger charge is -2.23. The first-order chi connectivity index (χ1) is 8.57. The maximum atomic E-state index is 10.1. The Morgan fingerprint density at radius 3 is 2.78 bits per heavy atom. The molecular formula is C14H20BrNO2. The van der Waals surface area contributed by atoms with E-state index in [0.29, 0.717) is 25.8 Å². The molecule has 0 amide bonds. The number of nitrogens with one attached hydrogen (secondary N) is 1. The Kier molecular flexibility index (Phi) is 4.78. The first-order valence-corrected chi connectivity index (χ1v) is 7.15. The third-order valence-electron chi connectivity index (χ3n) is 3.32. The number of hydrogen-bond donors (Lipinski definition) is 2. The summed E-state index contributed by atoms with van der Waals surface area (Å²) in [6.07, 6.45) is 1.69. The van der Waals surface area contributed by atoms with E-state index in [4.69, 9.17) is 4.74 Å². The van der Waals surface area contributed by atoms with Crippen molar-refractivity contribution in [2.45, 2.75) is 31.4 Å². The molecule has 4 heteroatoms. The van der Waals surface area contributed by atoms with E-state index in [9.17, 15) is 5.11 Å². The van der Waals surface area contributed by atoms with Crippen molar-refractivity contribution >= 4 is 15.9 Å². The third kappa shape index (κ3) is 4.05. The van der Waals surface area contributed by atoms with Crippen molar-refractivity contribution in [3.63, 3.8) is 0 Å². The minimum absolute atomic E-state index is 0.343. The first kappa shape index (κ1) is 14.0. The molecule has 2 N–H and O–H groups in total. The van der Waals surface area contributed by atoms with Crippen LogP contribution in [0.5, 0.6) is 0 Å². The fourth-order valence-electron chi connectivity index (χ4n) is 2.15. The first-order valence-electron chi connectivity index (χ1n) is 6.35. The van der Waals surface area contributed by atoms with Gasteiger partial charge in [-0.3, -0.25) is 0 Å². The van der Waals surface area contributed by atoms with Crippen LogP contribution < -0.4 is 5.32 Å². The Labute approximate surface area is 117 Å². The van der Waals surface area contributed by atoms with Gasteiger partial charge in [0, 0.05) is 30.1 Å². The highest BCUT2D eigenvalue weighted by Crippen LogP contribution is 2.17. The highest BCUT2D eigenvalue weighted by atomic mass is 79.9. The van der Waals surface area contributed by atoms with Gasteiger partial charge in [-0.1, -0.05) is 28.1 Å². The van der Waals surface area contributed by atoms with Crippen LogP contribution in [0.25, 0.3) is 0 Å². The Hall–Kier alpha value is -0.420. The molecule has 1 saturated heterocycles. The fraction of sp³-hybridized carbons (Fsp3) is 0.571. The number of aliphatic hydroxyl groups is 1. The number of hydrogen-bond acceptors (Lipinski definition) is 3. The third-order valence-corrected chi connectivity index (χ3v) is 3.85. The number of rotatable bonds is 5. The van der Waals surface area contributed by atoms with E-state index in [-0.39, 0.29) is 0 Å². The number of benzene rings is 1. The van der Waals surface area contributed by atoms with Crippen LogP contribution in [0.1, 0.15) is 18.9 Å². The van der Waals surface area contributed by atoms with E-state index in [1.54, 1.807) is 0 Å². The van der Waals surface area contributed by atoms with Crippen molar-refractivity contribution in [1.82, 2.24) is 5.32 Å². The molecule has 2 rings (SSSR count). The molecule has 1 aliphatic heterocycles. The van der Waals surface area contributed by atoms with Gasteiger partial charge < -0.3 is 15.2 Å². The van der Waals surface area contributed by atoms with Crippen molar-refractivity contribution in [3.05, 3.63) is 34.3 Å². The lowest BCUT2D eigenvalue weighted by molar-refractivity contribution is 0.0252. The summed E-state index contributed by atoms with van der Waals surface area (Å²) < 4.78 is 6.33. The van der Waals surface area contributed by atoms with Crippen LogP contribution in [-0.2, 0) is 11.2 Å². The molecule has 2 atom stereocenters. The van der Waals surface area contributed by atoms with Gasteiger partial charge >= 0.3 is 0 Å². The minimum Gasteiger partial charge on any atom is -0.386 e. The van der Waals surface area contributed by atoms with E-state index in [1.807, 2.05) is 0 Å². The molecule has 0 aliphatic carbocycles. The average molecular weight is 314 g/mol. The topological polar surface area (TPSA) is 41.5 Å². The molecule has 0 radical (unpaired) electrons. The summed E-state index contributed by atoms with van der Waals surface area (Å²) >= 11 is 3.43. The zero-order chi connectivity index (χ0) is 13.0. The summed E-state index contributed by atoms with van der Waals surface area (Å²) in [5.74, 6) is 0. The van der Waals surface area contributed by atoms with Gasteiger partial charge in [-0.2, -0.15) is 0 Å². The standard InChI is InChI=1S/C14H20BrNO2/c1-11(8-12-2-4-13(15)5-3-12)16-9-14(17)6-7-18-10-14/h2-5,11,16-17H,6-10H2,1H3. The SMILES string of the molecule is CC(Cc1ccc(Br)cc1)NCC1(O)CCOC1. The molecule has 0 aromatic heterocycles. The zero-order valence-corrected chi connectivity index (χ0v) is 12.2. The highest BCUT2D eigenvalue weighted by Gasteiger charge is 2.32. The Morgan fingerprint density at radius 2 is 2.17 bits per heavy atom. The predicted molar refractivity (Wildman–Crippen MR) is 75.7 cm³/mol. The van der Waals surface area contributed by atoms with Crippen LogP contribution in [0, 0.1) is 0 Å². The normalized spacial score (nSPS) is 25.3. The molecule has 1 aromatic carbocycles. The lowest BCUT2D eigenvalue weighted by atomic mass is 10.0. The molecule has 0 saturated carbocycles. The maximum Gasteiger partial charge on any atom is 0.102 e. The summed E-state index contributed by atoms with van der Waals surface area (Å²) in [7, 11) is 0. The Morgan fingerprint density at radius 1 is 1.44 bits per heavy atom. The van der Waals surface area contributed by atoms with E-state index in [1.165, 1.54) is 5.56 Å². The molecule has 2 unspecified atom stereocenters. The van der Waals surface area contributed by atoms with Crippen molar-refractivity contribution in [2.75, 3.05) is 19.8 Å². The van der Waals surface area contributed by atoms with Crippen LogP contribution in [0.15, 0.2) is 28.7 Å². The quantitative estimate of drug-likeness (QED) is 0.875. The Bertz CT molecular complexity index is 374. The number of halogens is 1. The van der Waals surface area contributed by atoms with Crippen molar-refractivity contribution in [2.24, 2.45) is 0 Å². The largest absolute Gasteiger partial charge is 0.386 e. The maximum absolute atomic E-state index is 10.1. The second kappa shape index (κ2) is 6.15. The van der Waals surface area contributed by atoms with Crippen LogP contribution >= 0.6 is 15.9 Å². The van der Waals surface area contributed by atoms with Crippen LogP contribution in [0.2, 0.25) is 0 Å². The van der Waals surface area contributed by atoms with Gasteiger partial charge in [-0.15, -0.1) is 0 Å². The smallest absolute Gasteiger partial charge is 0.102 e. The molecule has 100 valence electrons. The van der Waals surface area contributed by atoms with E-state index < -0.39 is 5.60 Å². The van der Waals surface area contributed by atoms with Crippen molar-refractivity contribution < 1.29 is 9.84 Å². The average Bonchev–Trinajstić information content (AvgIpc) is 2.78. The molecule has 1 aromatic rings. The Balaban J connectivity index is 1.78. The highest BCUT2D eigenvalue weighted by molar-refractivity contribution is 9.10. The van der Waals surface area contributed by atoms with E-state index in [0.717, 1.165) is 17.3 Å². The summed E-state index contributed by atoms with van der Waals surface area (Å²) in [4.78, 5) is 0. The van der Waals surface area contributed by atoms with Gasteiger partial charge in [0.2, 0.25) is 0 Å². The summed E-state index contributed by atoms with van der Waals surface area (Å²) in [6.45, 7) is 3.86. The molecule has 3 nitrogen and oxygen atoms in total. The number of ether oxygens (including phenoxy) is 1. The zero-order valence-electron chi connectivity index (χ0n) is 10.7. The molecule has 1 aliphatic rings. The van der Waals surface area contributed by atoms with Gasteiger partial charge in [0.05, 0.1) is 6.61 Å². The molecule has 1 heterocycles. The van der Waals surface area contributed by atoms with Gasteiger partial charge in [0.15, 0.2) is 0 Å². The molecule has 0 spiro atoms. The molecule has 0 bridgehead atoms. The van der Waals surface area contributed by atoms with Gasteiger partial charge in [0.25, 0.3) is 0 Å². The monoisotopic (exact) mass is 313 g/mol. The predicted octanol–water partition coefficient (Wildman–Crippen LogP) is 2.12. The second-order valence-corrected chi connectivity index (χ2v) is 6.06. The lowest BCUT2D eigenvalue weighted by Crippen LogP contribution is -2.44. The van der Waals surface area contributed by atoms with E-state index >= 15 is 0 Å². The van der Waals surface area contributed by atoms with Gasteiger partial charge in [0.1, 0.15) is 5.60 Å². The van der Waals surface area contributed by atoms with Crippen molar-refractivity contribution in [3.8, 4) is 0 Å². The summed E-state index contributed by atoms with van der Waals surface area (Å²) in [5, 5.41) is 13.5. The summed E-state index contributed by atoms with van der Waals surface area (Å²) in [6, 6.07) is 8.70. The van der Waals surface area contributed by atoms with Crippen LogP contribution in [-0.4, -0.2) is 36.5 Å². The minimum atomic E-state index is -0.673. The van der Waals surface area contributed by atoms with E-state index in [2.05, 4.69) is 52.4 Å². The molecule has 1 fully saturated rings. The summed E-state index contributed by atoms with van der Waals surface area (Å²) in [5.41, 5.74) is 0.626.